The van der Waals surface area contributed by atoms with Gasteiger partial charge in [-0.3, -0.25) is 9.80 Å². The van der Waals surface area contributed by atoms with Crippen LogP contribution in [0.1, 0.15) is 156 Å². The Hall–Kier alpha value is -0.0800. The third kappa shape index (κ3) is 7.28. The average molecular weight is 493 g/mol. The van der Waals surface area contributed by atoms with Crippen LogP contribution in [-0.2, 0) is 0 Å². The van der Waals surface area contributed by atoms with E-state index in [1.165, 1.54) is 57.8 Å². The van der Waals surface area contributed by atoms with Crippen molar-refractivity contribution in [2.45, 2.75) is 191 Å². The van der Waals surface area contributed by atoms with E-state index in [1.807, 2.05) is 0 Å². The Labute approximate surface area is 223 Å². The molecule has 0 aromatic heterocycles. The summed E-state index contributed by atoms with van der Waals surface area (Å²) in [5.41, 5.74) is 1.51. The van der Waals surface area contributed by atoms with Crippen LogP contribution in [0.2, 0.25) is 0 Å². The number of fused-ring (bicyclic) bond motifs is 2. The maximum Gasteiger partial charge on any atom is 0.0155 e. The molecule has 210 valence electrons. The number of likely N-dealkylation sites (tertiary alicyclic amines) is 2. The molecule has 2 saturated heterocycles. The van der Waals surface area contributed by atoms with Gasteiger partial charge in [0.1, 0.15) is 0 Å². The van der Waals surface area contributed by atoms with Crippen molar-refractivity contribution in [1.82, 2.24) is 9.80 Å². The first-order valence-corrected chi connectivity index (χ1v) is 14.5. The molecule has 0 aromatic carbocycles. The van der Waals surface area contributed by atoms with Gasteiger partial charge in [0.15, 0.2) is 0 Å². The molecule has 4 rings (SSSR count). The first kappa shape index (κ1) is 32.9. The molecular weight excluding hydrogens is 424 g/mol. The minimum absolute atomic E-state index is 0. The lowest BCUT2D eigenvalue weighted by molar-refractivity contribution is 0.0140. The Balaban J connectivity index is 0.000000332. The van der Waals surface area contributed by atoms with Crippen molar-refractivity contribution in [3.8, 4) is 0 Å². The Morgan fingerprint density at radius 2 is 0.771 bits per heavy atom. The fraction of sp³-hybridized carbons (Fsp3) is 1.00. The molecule has 4 fully saturated rings. The molecule has 6 atom stereocenters. The van der Waals surface area contributed by atoms with Gasteiger partial charge in [-0.1, -0.05) is 75.7 Å². The summed E-state index contributed by atoms with van der Waals surface area (Å²) in [6, 6.07) is 3.30. The zero-order chi connectivity index (χ0) is 25.0. The molecule has 0 unspecified atom stereocenters. The van der Waals surface area contributed by atoms with Crippen LogP contribution in [0.3, 0.4) is 0 Å². The van der Waals surface area contributed by atoms with E-state index in [0.717, 1.165) is 36.0 Å². The summed E-state index contributed by atoms with van der Waals surface area (Å²) in [4.78, 5) is 5.72. The minimum Gasteiger partial charge on any atom is -0.292 e. The number of rotatable bonds is 0. The molecular formula is C33H68N2. The zero-order valence-corrected chi connectivity index (χ0v) is 24.7. The summed E-state index contributed by atoms with van der Waals surface area (Å²) in [5.74, 6) is 1.97. The van der Waals surface area contributed by atoms with Crippen molar-refractivity contribution < 1.29 is 0 Å². The molecule has 0 amide bonds. The first-order valence-electron chi connectivity index (χ1n) is 14.5. The lowest BCUT2D eigenvalue weighted by atomic mass is 9.80. The second kappa shape index (κ2) is 11.3. The molecule has 2 heteroatoms. The van der Waals surface area contributed by atoms with Gasteiger partial charge < -0.3 is 0 Å². The molecule has 0 aromatic rings. The topological polar surface area (TPSA) is 6.48 Å². The molecule has 2 aliphatic heterocycles. The first-order chi connectivity index (χ1) is 14.9. The molecule has 2 aliphatic carbocycles. The van der Waals surface area contributed by atoms with Gasteiger partial charge in [0.25, 0.3) is 0 Å². The molecule has 35 heavy (non-hydrogen) atoms. The SMILES string of the molecule is C.C.CC(C)(C)[C@@H]1C[C@@H]2CCCC[C@@H]2N1C(C)(C)C.CC(C)(C)[C@@H]1C[C@@H]2CCC[C@@H]2N1C(C)(C)C. The van der Waals surface area contributed by atoms with Gasteiger partial charge in [-0.05, 0) is 103 Å². The van der Waals surface area contributed by atoms with Gasteiger partial charge in [-0.15, -0.1) is 0 Å². The van der Waals surface area contributed by atoms with Gasteiger partial charge in [-0.2, -0.15) is 0 Å². The monoisotopic (exact) mass is 493 g/mol. The highest BCUT2D eigenvalue weighted by molar-refractivity contribution is 5.05. The van der Waals surface area contributed by atoms with Crippen LogP contribution in [0, 0.1) is 22.7 Å². The number of nitrogens with zero attached hydrogens (tertiary/aromatic N) is 2. The van der Waals surface area contributed by atoms with Crippen LogP contribution in [-0.4, -0.2) is 45.0 Å². The highest BCUT2D eigenvalue weighted by Gasteiger charge is 2.51. The van der Waals surface area contributed by atoms with E-state index in [1.54, 1.807) is 0 Å². The summed E-state index contributed by atoms with van der Waals surface area (Å²) < 4.78 is 0. The second-order valence-corrected chi connectivity index (χ2v) is 16.3. The highest BCUT2D eigenvalue weighted by atomic mass is 15.3. The lowest BCUT2D eigenvalue weighted by Crippen LogP contribution is -2.53. The van der Waals surface area contributed by atoms with E-state index in [2.05, 4.69) is 92.9 Å². The molecule has 0 radical (unpaired) electrons. The van der Waals surface area contributed by atoms with Crippen LogP contribution in [0.4, 0.5) is 0 Å². The van der Waals surface area contributed by atoms with E-state index in [4.69, 9.17) is 0 Å². The van der Waals surface area contributed by atoms with Crippen molar-refractivity contribution in [3.63, 3.8) is 0 Å². The maximum atomic E-state index is 2.87. The van der Waals surface area contributed by atoms with Crippen molar-refractivity contribution in [2.24, 2.45) is 22.7 Å². The lowest BCUT2D eigenvalue weighted by Gasteiger charge is -2.47. The fourth-order valence-electron chi connectivity index (χ4n) is 8.22. The molecule has 0 N–H and O–H groups in total. The van der Waals surface area contributed by atoms with Crippen molar-refractivity contribution >= 4 is 0 Å². The van der Waals surface area contributed by atoms with Gasteiger partial charge in [0, 0.05) is 35.2 Å². The average Bonchev–Trinajstić information content (AvgIpc) is 3.31. The molecule has 0 bridgehead atoms. The highest BCUT2D eigenvalue weighted by Crippen LogP contribution is 2.50. The van der Waals surface area contributed by atoms with Gasteiger partial charge in [0.05, 0.1) is 0 Å². The van der Waals surface area contributed by atoms with Crippen LogP contribution in [0.15, 0.2) is 0 Å². The normalized spacial score (nSPS) is 34.3. The fourth-order valence-corrected chi connectivity index (χ4v) is 8.22. The second-order valence-electron chi connectivity index (χ2n) is 16.3. The van der Waals surface area contributed by atoms with E-state index in [9.17, 15) is 0 Å². The number of hydrogen-bond acceptors (Lipinski definition) is 2. The van der Waals surface area contributed by atoms with E-state index in [-0.39, 0.29) is 14.9 Å². The quantitative estimate of drug-likeness (QED) is 0.332. The molecule has 2 saturated carbocycles. The van der Waals surface area contributed by atoms with Gasteiger partial charge >= 0.3 is 0 Å². The van der Waals surface area contributed by atoms with Gasteiger partial charge in [-0.25, -0.2) is 0 Å². The van der Waals surface area contributed by atoms with Crippen LogP contribution < -0.4 is 0 Å². The van der Waals surface area contributed by atoms with E-state index >= 15 is 0 Å². The van der Waals surface area contributed by atoms with Crippen LogP contribution in [0.25, 0.3) is 0 Å². The predicted molar refractivity (Wildman–Crippen MR) is 159 cm³/mol. The maximum absolute atomic E-state index is 2.87. The summed E-state index contributed by atoms with van der Waals surface area (Å²) in [7, 11) is 0. The molecule has 2 nitrogen and oxygen atoms in total. The number of hydrogen-bond donors (Lipinski definition) is 0. The summed E-state index contributed by atoms with van der Waals surface area (Å²) in [6.45, 7) is 28.9. The van der Waals surface area contributed by atoms with Crippen LogP contribution in [0.5, 0.6) is 0 Å². The van der Waals surface area contributed by atoms with Crippen molar-refractivity contribution in [2.75, 3.05) is 0 Å². The van der Waals surface area contributed by atoms with Crippen molar-refractivity contribution in [3.05, 3.63) is 0 Å². The summed E-state index contributed by atoms with van der Waals surface area (Å²) in [6.07, 6.45) is 13.1. The standard InChI is InChI=1S/C16H31N.C15H29N.2CH4/c1-15(2,3)14-11-12-9-7-8-10-13(12)17(14)16(4,5)6;1-14(2,3)13-10-11-8-7-9-12(11)16(13)15(4,5)6;;/h12-14H,7-11H2,1-6H3;11-13H,7-10H2,1-6H3;2*1H4/t12-,13-,14-;11-,12-,13-;;/m00../s1. The Morgan fingerprint density at radius 3 is 1.11 bits per heavy atom. The Morgan fingerprint density at radius 1 is 0.457 bits per heavy atom. The smallest absolute Gasteiger partial charge is 0.0155 e. The van der Waals surface area contributed by atoms with Gasteiger partial charge in [0.2, 0.25) is 0 Å². The van der Waals surface area contributed by atoms with Crippen LogP contribution >= 0.6 is 0 Å². The third-order valence-corrected chi connectivity index (χ3v) is 9.47. The van der Waals surface area contributed by atoms with E-state index < -0.39 is 0 Å². The Kier molecular flexibility index (Phi) is 10.7. The zero-order valence-electron chi connectivity index (χ0n) is 24.7. The molecule has 4 aliphatic rings. The largest absolute Gasteiger partial charge is 0.292 e. The minimum atomic E-state index is 0. The van der Waals surface area contributed by atoms with E-state index in [0.29, 0.717) is 21.9 Å². The molecule has 2 heterocycles. The summed E-state index contributed by atoms with van der Waals surface area (Å²) >= 11 is 0. The Bertz CT molecular complexity index is 638. The third-order valence-electron chi connectivity index (χ3n) is 9.47. The van der Waals surface area contributed by atoms with Crippen molar-refractivity contribution in [1.29, 1.82) is 0 Å². The summed E-state index contributed by atoms with van der Waals surface area (Å²) in [5, 5.41) is 0. The predicted octanol–water partition coefficient (Wildman–Crippen LogP) is 9.81. The molecule has 0 spiro atoms.